The maximum Gasteiger partial charge on any atom is 0.256 e. The molecule has 7 nitrogen and oxygen atoms in total. The van der Waals surface area contributed by atoms with Crippen molar-refractivity contribution in [3.05, 3.63) is 54.1 Å². The molecule has 2 aromatic rings. The number of nitrogens with one attached hydrogen (secondary N) is 1. The lowest BCUT2D eigenvalue weighted by Gasteiger charge is -2.25. The van der Waals surface area contributed by atoms with Crippen molar-refractivity contribution in [3.63, 3.8) is 0 Å². The van der Waals surface area contributed by atoms with Gasteiger partial charge in [-0.1, -0.05) is 25.0 Å². The van der Waals surface area contributed by atoms with E-state index >= 15 is 0 Å². The zero-order valence-corrected chi connectivity index (χ0v) is 18.8. The van der Waals surface area contributed by atoms with E-state index in [1.54, 1.807) is 29.2 Å². The highest BCUT2D eigenvalue weighted by atomic mass is 16.2. The Kier molecular flexibility index (Phi) is 6.03. The molecule has 0 aliphatic carbocycles. The van der Waals surface area contributed by atoms with E-state index in [0.29, 0.717) is 29.9 Å². The van der Waals surface area contributed by atoms with Crippen molar-refractivity contribution in [2.45, 2.75) is 44.6 Å². The molecule has 0 aromatic heterocycles. The highest BCUT2D eigenvalue weighted by Crippen LogP contribution is 2.32. The third-order valence-electron chi connectivity index (χ3n) is 6.91. The van der Waals surface area contributed by atoms with Gasteiger partial charge in [0.05, 0.1) is 11.3 Å². The van der Waals surface area contributed by atoms with Crippen molar-refractivity contribution in [2.24, 2.45) is 0 Å². The van der Waals surface area contributed by atoms with Crippen molar-refractivity contribution in [1.29, 1.82) is 0 Å². The predicted molar refractivity (Wildman–Crippen MR) is 129 cm³/mol. The van der Waals surface area contributed by atoms with Gasteiger partial charge in [0, 0.05) is 31.0 Å². The largest absolute Gasteiger partial charge is 0.372 e. The summed E-state index contributed by atoms with van der Waals surface area (Å²) < 4.78 is 0. The number of benzene rings is 2. The van der Waals surface area contributed by atoms with Gasteiger partial charge < -0.3 is 20.0 Å². The number of carbonyl (C=O) groups is 3. The van der Waals surface area contributed by atoms with Crippen LogP contribution >= 0.6 is 0 Å². The summed E-state index contributed by atoms with van der Waals surface area (Å²) in [5.41, 5.74) is 2.86. The quantitative estimate of drug-likeness (QED) is 0.778. The number of nitrogens with zero attached hydrogens (tertiary/aromatic N) is 3. The fourth-order valence-corrected chi connectivity index (χ4v) is 5.20. The molecule has 0 unspecified atom stereocenters. The molecule has 7 heteroatoms. The lowest BCUT2D eigenvalue weighted by molar-refractivity contribution is -0.124. The maximum absolute atomic E-state index is 13.3. The van der Waals surface area contributed by atoms with Crippen LogP contribution in [0.15, 0.2) is 48.5 Å². The Bertz CT molecular complexity index is 1040. The molecule has 0 radical (unpaired) electrons. The average molecular weight is 447 g/mol. The smallest absolute Gasteiger partial charge is 0.256 e. The van der Waals surface area contributed by atoms with Crippen LogP contribution in [0.4, 0.5) is 17.1 Å². The molecule has 5 rings (SSSR count). The lowest BCUT2D eigenvalue weighted by Crippen LogP contribution is -2.47. The SMILES string of the molecule is O=C(CN1C(=O)[C@@H]2CCCN2C(=O)c2ccccc21)Nc1ccc(N2CCCCCC2)cc1. The minimum absolute atomic E-state index is 0.124. The number of hydrogen-bond acceptors (Lipinski definition) is 4. The molecule has 2 saturated heterocycles. The number of carbonyl (C=O) groups excluding carboxylic acids is 3. The highest BCUT2D eigenvalue weighted by Gasteiger charge is 2.42. The Morgan fingerprint density at radius 1 is 0.879 bits per heavy atom. The van der Waals surface area contributed by atoms with Gasteiger partial charge in [0.25, 0.3) is 5.91 Å². The van der Waals surface area contributed by atoms with E-state index in [-0.39, 0.29) is 24.3 Å². The summed E-state index contributed by atoms with van der Waals surface area (Å²) in [5.74, 6) is -0.592. The first-order valence-electron chi connectivity index (χ1n) is 12.0. The van der Waals surface area contributed by atoms with Crippen LogP contribution in [-0.2, 0) is 9.59 Å². The van der Waals surface area contributed by atoms with Gasteiger partial charge >= 0.3 is 0 Å². The first kappa shape index (κ1) is 21.5. The standard InChI is InChI=1S/C26H30N4O3/c31-24(27-19-11-13-20(14-12-19)28-15-5-1-2-6-16-28)18-30-22-9-4-3-8-21(22)25(32)29-17-7-10-23(29)26(30)33/h3-4,8-9,11-14,23H,1-2,5-7,10,15-18H2,(H,27,31)/t23-/m0/s1. The molecule has 0 bridgehead atoms. The number of rotatable bonds is 4. The molecule has 3 heterocycles. The van der Waals surface area contributed by atoms with Crippen LogP contribution < -0.4 is 15.1 Å². The van der Waals surface area contributed by atoms with E-state index in [2.05, 4.69) is 10.2 Å². The summed E-state index contributed by atoms with van der Waals surface area (Å²) >= 11 is 0. The van der Waals surface area contributed by atoms with E-state index in [0.717, 1.165) is 19.5 Å². The van der Waals surface area contributed by atoms with Crippen LogP contribution in [0.2, 0.25) is 0 Å². The summed E-state index contributed by atoms with van der Waals surface area (Å²) in [7, 11) is 0. The summed E-state index contributed by atoms with van der Waals surface area (Å²) in [6.45, 7) is 2.59. The third-order valence-corrected chi connectivity index (χ3v) is 6.91. The van der Waals surface area contributed by atoms with Crippen LogP contribution in [0.25, 0.3) is 0 Å². The molecule has 3 aliphatic rings. The van der Waals surface area contributed by atoms with Gasteiger partial charge in [0.1, 0.15) is 12.6 Å². The molecule has 0 saturated carbocycles. The second-order valence-corrected chi connectivity index (χ2v) is 9.09. The fourth-order valence-electron chi connectivity index (χ4n) is 5.20. The molecular formula is C26H30N4O3. The highest BCUT2D eigenvalue weighted by molar-refractivity contribution is 6.13. The first-order valence-corrected chi connectivity index (χ1v) is 12.0. The zero-order chi connectivity index (χ0) is 22.8. The van der Waals surface area contributed by atoms with Crippen molar-refractivity contribution in [3.8, 4) is 0 Å². The molecule has 1 N–H and O–H groups in total. The van der Waals surface area contributed by atoms with Gasteiger partial charge in [0.2, 0.25) is 11.8 Å². The third kappa shape index (κ3) is 4.32. The van der Waals surface area contributed by atoms with Gasteiger partial charge in [0.15, 0.2) is 0 Å². The normalized spacial score (nSPS) is 20.7. The van der Waals surface area contributed by atoms with Gasteiger partial charge in [-0.25, -0.2) is 0 Å². The summed E-state index contributed by atoms with van der Waals surface area (Å²) in [4.78, 5) is 44.8. The van der Waals surface area contributed by atoms with E-state index in [9.17, 15) is 14.4 Å². The van der Waals surface area contributed by atoms with Gasteiger partial charge in [-0.15, -0.1) is 0 Å². The Hall–Kier alpha value is -3.35. The Balaban J connectivity index is 1.31. The second kappa shape index (κ2) is 9.25. The average Bonchev–Trinajstić information content (AvgIpc) is 3.14. The molecule has 33 heavy (non-hydrogen) atoms. The molecule has 172 valence electrons. The maximum atomic E-state index is 13.3. The number of hydrogen-bond donors (Lipinski definition) is 1. The zero-order valence-electron chi connectivity index (χ0n) is 18.8. The van der Waals surface area contributed by atoms with Crippen molar-refractivity contribution in [2.75, 3.05) is 41.3 Å². The first-order chi connectivity index (χ1) is 16.1. The molecule has 3 amide bonds. The van der Waals surface area contributed by atoms with E-state index in [1.165, 1.54) is 36.3 Å². The van der Waals surface area contributed by atoms with E-state index in [1.807, 2.05) is 24.3 Å². The van der Waals surface area contributed by atoms with Crippen LogP contribution in [0.3, 0.4) is 0 Å². The van der Waals surface area contributed by atoms with Gasteiger partial charge in [-0.05, 0) is 62.1 Å². The Morgan fingerprint density at radius 2 is 1.61 bits per heavy atom. The second-order valence-electron chi connectivity index (χ2n) is 9.09. The molecule has 2 aromatic carbocycles. The van der Waals surface area contributed by atoms with Gasteiger partial charge in [-0.3, -0.25) is 14.4 Å². The molecule has 1 atom stereocenters. The van der Waals surface area contributed by atoms with Crippen molar-refractivity contribution >= 4 is 34.8 Å². The summed E-state index contributed by atoms with van der Waals surface area (Å²) in [6, 6.07) is 14.5. The Labute approximate surface area is 194 Å². The van der Waals surface area contributed by atoms with Crippen molar-refractivity contribution < 1.29 is 14.4 Å². The number of para-hydroxylation sites is 1. The summed E-state index contributed by atoms with van der Waals surface area (Å²) in [5, 5.41) is 2.92. The van der Waals surface area contributed by atoms with Crippen LogP contribution in [0.1, 0.15) is 48.9 Å². The van der Waals surface area contributed by atoms with E-state index in [4.69, 9.17) is 0 Å². The number of amides is 3. The summed E-state index contributed by atoms with van der Waals surface area (Å²) in [6.07, 6.45) is 6.43. The minimum Gasteiger partial charge on any atom is -0.372 e. The number of anilines is 3. The Morgan fingerprint density at radius 3 is 2.36 bits per heavy atom. The molecule has 3 aliphatic heterocycles. The minimum atomic E-state index is -0.495. The van der Waals surface area contributed by atoms with Crippen molar-refractivity contribution in [1.82, 2.24) is 4.90 Å². The van der Waals surface area contributed by atoms with E-state index < -0.39 is 6.04 Å². The van der Waals surface area contributed by atoms with Crippen LogP contribution in [0, 0.1) is 0 Å². The molecular weight excluding hydrogens is 416 g/mol. The topological polar surface area (TPSA) is 73.0 Å². The fraction of sp³-hybridized carbons (Fsp3) is 0.423. The molecule has 2 fully saturated rings. The predicted octanol–water partition coefficient (Wildman–Crippen LogP) is 3.66. The van der Waals surface area contributed by atoms with Crippen LogP contribution in [-0.4, -0.2) is 54.8 Å². The van der Waals surface area contributed by atoms with Crippen LogP contribution in [0.5, 0.6) is 0 Å². The van der Waals surface area contributed by atoms with Gasteiger partial charge in [-0.2, -0.15) is 0 Å². The molecule has 0 spiro atoms. The lowest BCUT2D eigenvalue weighted by atomic mass is 10.1. The monoisotopic (exact) mass is 446 g/mol. The number of fused-ring (bicyclic) bond motifs is 2.